The van der Waals surface area contributed by atoms with Gasteiger partial charge in [0.25, 0.3) is 0 Å². The van der Waals surface area contributed by atoms with E-state index >= 15 is 0 Å². The summed E-state index contributed by atoms with van der Waals surface area (Å²) in [5.41, 5.74) is 2.29. The van der Waals surface area contributed by atoms with Crippen molar-refractivity contribution in [3.05, 3.63) is 59.5 Å². The third-order valence-corrected chi connectivity index (χ3v) is 4.93. The molecule has 1 aliphatic carbocycles. The van der Waals surface area contributed by atoms with Crippen molar-refractivity contribution < 1.29 is 13.6 Å². The van der Waals surface area contributed by atoms with Crippen LogP contribution in [0.3, 0.4) is 0 Å². The summed E-state index contributed by atoms with van der Waals surface area (Å²) in [6, 6.07) is 10.9. The Bertz CT molecular complexity index is 950. The molecule has 0 saturated heterocycles. The van der Waals surface area contributed by atoms with Gasteiger partial charge in [0.2, 0.25) is 5.91 Å². The van der Waals surface area contributed by atoms with Crippen molar-refractivity contribution in [2.75, 3.05) is 5.32 Å². The van der Waals surface area contributed by atoms with E-state index in [9.17, 15) is 13.6 Å². The van der Waals surface area contributed by atoms with Crippen molar-refractivity contribution in [1.29, 1.82) is 0 Å². The second-order valence-electron chi connectivity index (χ2n) is 6.01. The lowest BCUT2D eigenvalue weighted by Crippen LogP contribution is -2.13. The maximum Gasteiger partial charge on any atom is 0.227 e. The number of thiazole rings is 1. The molecular formula is C19H14F2N2OS. The third kappa shape index (κ3) is 3.44. The van der Waals surface area contributed by atoms with E-state index in [1.165, 1.54) is 23.5 Å². The number of rotatable bonds is 4. The molecule has 0 unspecified atom stereocenters. The molecule has 1 amide bonds. The predicted molar refractivity (Wildman–Crippen MR) is 94.3 cm³/mol. The van der Waals surface area contributed by atoms with E-state index in [0.717, 1.165) is 30.2 Å². The Morgan fingerprint density at radius 3 is 2.76 bits per heavy atom. The van der Waals surface area contributed by atoms with E-state index in [2.05, 4.69) is 10.3 Å². The lowest BCUT2D eigenvalue weighted by atomic mass is 10.1. The van der Waals surface area contributed by atoms with Crippen molar-refractivity contribution in [2.24, 2.45) is 5.92 Å². The highest BCUT2D eigenvalue weighted by Crippen LogP contribution is 2.33. The number of halogens is 2. The summed E-state index contributed by atoms with van der Waals surface area (Å²) in [5, 5.41) is 5.35. The summed E-state index contributed by atoms with van der Waals surface area (Å²) in [5.74, 6) is -1.07. The van der Waals surface area contributed by atoms with E-state index in [-0.39, 0.29) is 17.4 Å². The number of nitrogens with one attached hydrogen (secondary N) is 1. The second-order valence-corrected chi connectivity index (χ2v) is 6.86. The van der Waals surface area contributed by atoms with Crippen molar-refractivity contribution in [3.63, 3.8) is 0 Å². The van der Waals surface area contributed by atoms with Gasteiger partial charge in [0.15, 0.2) is 0 Å². The van der Waals surface area contributed by atoms with Crippen molar-refractivity contribution in [2.45, 2.75) is 12.8 Å². The first-order valence-electron chi connectivity index (χ1n) is 7.92. The first kappa shape index (κ1) is 15.9. The Morgan fingerprint density at radius 2 is 2.00 bits per heavy atom. The molecule has 1 fully saturated rings. The number of amides is 1. The quantitative estimate of drug-likeness (QED) is 0.706. The first-order chi connectivity index (χ1) is 12.1. The SMILES string of the molecule is O=C(Nc1cccc(-c2nc(-c3ccc(F)cc3F)cs2)c1)C1CC1. The van der Waals surface area contributed by atoms with Gasteiger partial charge < -0.3 is 5.32 Å². The second kappa shape index (κ2) is 6.37. The third-order valence-electron chi connectivity index (χ3n) is 4.04. The average molecular weight is 356 g/mol. The van der Waals surface area contributed by atoms with Crippen LogP contribution < -0.4 is 5.32 Å². The van der Waals surface area contributed by atoms with Crippen molar-refractivity contribution in [1.82, 2.24) is 4.98 Å². The number of nitrogens with zero attached hydrogens (tertiary/aromatic N) is 1. The molecule has 6 heteroatoms. The van der Waals surface area contributed by atoms with Gasteiger partial charge in [-0.25, -0.2) is 13.8 Å². The zero-order valence-corrected chi connectivity index (χ0v) is 13.9. The molecule has 126 valence electrons. The molecule has 1 aromatic heterocycles. The lowest BCUT2D eigenvalue weighted by molar-refractivity contribution is -0.117. The summed E-state index contributed by atoms with van der Waals surface area (Å²) in [6.45, 7) is 0. The van der Waals surface area contributed by atoms with Crippen LogP contribution in [-0.2, 0) is 4.79 Å². The number of benzene rings is 2. The Labute approximate surface area is 147 Å². The minimum Gasteiger partial charge on any atom is -0.326 e. The topological polar surface area (TPSA) is 42.0 Å². The van der Waals surface area contributed by atoms with Crippen LogP contribution >= 0.6 is 11.3 Å². The average Bonchev–Trinajstić information content (AvgIpc) is 3.33. The lowest BCUT2D eigenvalue weighted by Gasteiger charge is -2.05. The molecular weight excluding hydrogens is 342 g/mol. The van der Waals surface area contributed by atoms with Crippen LogP contribution in [0.1, 0.15) is 12.8 Å². The van der Waals surface area contributed by atoms with Gasteiger partial charge in [0.05, 0.1) is 5.69 Å². The van der Waals surface area contributed by atoms with Gasteiger partial charge in [-0.3, -0.25) is 4.79 Å². The Morgan fingerprint density at radius 1 is 1.16 bits per heavy atom. The summed E-state index contributed by atoms with van der Waals surface area (Å²) >= 11 is 1.37. The van der Waals surface area contributed by atoms with Gasteiger partial charge in [0.1, 0.15) is 16.6 Å². The van der Waals surface area contributed by atoms with E-state index in [4.69, 9.17) is 0 Å². The zero-order chi connectivity index (χ0) is 17.4. The molecule has 0 bridgehead atoms. The van der Waals surface area contributed by atoms with E-state index < -0.39 is 11.6 Å². The molecule has 3 nitrogen and oxygen atoms in total. The summed E-state index contributed by atoms with van der Waals surface area (Å²) in [4.78, 5) is 16.3. The summed E-state index contributed by atoms with van der Waals surface area (Å²) in [7, 11) is 0. The molecule has 1 N–H and O–H groups in total. The van der Waals surface area contributed by atoms with Crippen molar-refractivity contribution in [3.8, 4) is 21.8 Å². The molecule has 25 heavy (non-hydrogen) atoms. The zero-order valence-electron chi connectivity index (χ0n) is 13.1. The van der Waals surface area contributed by atoms with E-state index in [1.807, 2.05) is 24.3 Å². The van der Waals surface area contributed by atoms with Crippen LogP contribution in [0.25, 0.3) is 21.8 Å². The Hall–Kier alpha value is -2.60. The van der Waals surface area contributed by atoms with Gasteiger partial charge >= 0.3 is 0 Å². The molecule has 1 saturated carbocycles. The molecule has 1 aliphatic rings. The van der Waals surface area contributed by atoms with Crippen LogP contribution in [-0.4, -0.2) is 10.9 Å². The highest BCUT2D eigenvalue weighted by Gasteiger charge is 2.29. The van der Waals surface area contributed by atoms with Gasteiger partial charge in [-0.15, -0.1) is 11.3 Å². The highest BCUT2D eigenvalue weighted by atomic mass is 32.1. The van der Waals surface area contributed by atoms with Crippen LogP contribution in [0.15, 0.2) is 47.8 Å². The number of carbonyl (C=O) groups excluding carboxylic acids is 1. The monoisotopic (exact) mass is 356 g/mol. The number of hydrogen-bond acceptors (Lipinski definition) is 3. The number of anilines is 1. The largest absolute Gasteiger partial charge is 0.326 e. The van der Waals surface area contributed by atoms with Crippen LogP contribution in [0, 0.1) is 17.6 Å². The summed E-state index contributed by atoms with van der Waals surface area (Å²) in [6.07, 6.45) is 1.90. The van der Waals surface area contributed by atoms with Crippen molar-refractivity contribution >= 4 is 22.9 Å². The summed E-state index contributed by atoms with van der Waals surface area (Å²) < 4.78 is 27.0. The fraction of sp³-hybridized carbons (Fsp3) is 0.158. The minimum atomic E-state index is -0.637. The Kier molecular flexibility index (Phi) is 4.05. The molecule has 1 heterocycles. The smallest absolute Gasteiger partial charge is 0.227 e. The number of carbonyl (C=O) groups is 1. The molecule has 4 rings (SSSR count). The normalized spacial score (nSPS) is 13.7. The maximum atomic E-state index is 13.9. The molecule has 0 atom stereocenters. The Balaban J connectivity index is 1.60. The fourth-order valence-corrected chi connectivity index (χ4v) is 3.36. The van der Waals surface area contributed by atoms with Gasteiger partial charge in [-0.2, -0.15) is 0 Å². The van der Waals surface area contributed by atoms with Gasteiger partial charge in [0, 0.05) is 34.2 Å². The number of aromatic nitrogens is 1. The molecule has 2 aromatic carbocycles. The molecule has 0 radical (unpaired) electrons. The van der Waals surface area contributed by atoms with Gasteiger partial charge in [-0.1, -0.05) is 12.1 Å². The van der Waals surface area contributed by atoms with Crippen LogP contribution in [0.2, 0.25) is 0 Å². The van der Waals surface area contributed by atoms with E-state index in [0.29, 0.717) is 10.7 Å². The number of hydrogen-bond donors (Lipinski definition) is 1. The maximum absolute atomic E-state index is 13.9. The first-order valence-corrected chi connectivity index (χ1v) is 8.80. The minimum absolute atomic E-state index is 0.0466. The molecule has 0 spiro atoms. The fourth-order valence-electron chi connectivity index (χ4n) is 2.55. The highest BCUT2D eigenvalue weighted by molar-refractivity contribution is 7.13. The standard InChI is InChI=1S/C19H14F2N2OS/c20-13-6-7-15(16(21)9-13)17-10-25-19(23-17)12-2-1-3-14(8-12)22-18(24)11-4-5-11/h1-3,6-11H,4-5H2,(H,22,24). The van der Waals surface area contributed by atoms with Gasteiger partial charge in [-0.05, 0) is 37.1 Å². The molecule has 3 aromatic rings. The predicted octanol–water partition coefficient (Wildman–Crippen LogP) is 5.10. The van der Waals surface area contributed by atoms with Crippen LogP contribution in [0.5, 0.6) is 0 Å². The van der Waals surface area contributed by atoms with E-state index in [1.54, 1.807) is 5.38 Å². The van der Waals surface area contributed by atoms with Crippen LogP contribution in [0.4, 0.5) is 14.5 Å². The molecule has 0 aliphatic heterocycles.